The number of benzene rings is 1. The molecule has 0 amide bonds. The molecule has 0 aliphatic heterocycles. The van der Waals surface area contributed by atoms with E-state index in [-0.39, 0.29) is 0 Å². The zero-order valence-electron chi connectivity index (χ0n) is 8.98. The minimum atomic E-state index is -0.635. The lowest BCUT2D eigenvalue weighted by Crippen LogP contribution is -2.04. The van der Waals surface area contributed by atoms with Gasteiger partial charge in [-0.3, -0.25) is 4.98 Å². The number of aliphatic hydroxyl groups excluding tert-OH is 1. The molecule has 1 atom stereocenters. The molecular formula is C13H11BrClNO. The average molecular weight is 313 g/mol. The summed E-state index contributed by atoms with van der Waals surface area (Å²) in [6.07, 6.45) is 1.53. The van der Waals surface area contributed by atoms with Gasteiger partial charge >= 0.3 is 0 Å². The number of nitrogens with zero attached hydrogens (tertiary/aromatic N) is 1. The van der Waals surface area contributed by atoms with Gasteiger partial charge in [0.2, 0.25) is 0 Å². The summed E-state index contributed by atoms with van der Waals surface area (Å²) in [5.41, 5.74) is 1.63. The molecule has 17 heavy (non-hydrogen) atoms. The van der Waals surface area contributed by atoms with E-state index in [1.807, 2.05) is 36.4 Å². The molecule has 1 heterocycles. The van der Waals surface area contributed by atoms with Gasteiger partial charge < -0.3 is 5.11 Å². The molecule has 0 fully saturated rings. The molecule has 0 aliphatic carbocycles. The zero-order valence-corrected chi connectivity index (χ0v) is 11.3. The average Bonchev–Trinajstić information content (AvgIpc) is 2.29. The number of rotatable bonds is 3. The van der Waals surface area contributed by atoms with E-state index in [9.17, 15) is 5.11 Å². The topological polar surface area (TPSA) is 33.1 Å². The Bertz CT molecular complexity index is 518. The van der Waals surface area contributed by atoms with E-state index in [1.165, 1.54) is 0 Å². The van der Waals surface area contributed by atoms with Crippen molar-refractivity contribution in [2.24, 2.45) is 0 Å². The van der Waals surface area contributed by atoms with Crippen molar-refractivity contribution >= 4 is 27.5 Å². The van der Waals surface area contributed by atoms with E-state index in [2.05, 4.69) is 20.9 Å². The maximum Gasteiger partial charge on any atom is 0.101 e. The molecule has 2 rings (SSSR count). The fourth-order valence-electron chi connectivity index (χ4n) is 1.63. The first-order valence-corrected chi connectivity index (χ1v) is 6.37. The maximum atomic E-state index is 10.1. The van der Waals surface area contributed by atoms with Crippen LogP contribution in [0.5, 0.6) is 0 Å². The van der Waals surface area contributed by atoms with Crippen LogP contribution in [-0.4, -0.2) is 10.1 Å². The molecule has 1 unspecified atom stereocenters. The van der Waals surface area contributed by atoms with Gasteiger partial charge in [0.1, 0.15) is 6.10 Å². The van der Waals surface area contributed by atoms with Crippen molar-refractivity contribution in [3.63, 3.8) is 0 Å². The Morgan fingerprint density at radius 1 is 1.29 bits per heavy atom. The Balaban J connectivity index is 2.17. The Labute approximate surface area is 113 Å². The van der Waals surface area contributed by atoms with Crippen LogP contribution in [0.4, 0.5) is 0 Å². The molecule has 2 nitrogen and oxygen atoms in total. The van der Waals surface area contributed by atoms with Gasteiger partial charge in [-0.15, -0.1) is 0 Å². The van der Waals surface area contributed by atoms with Crippen LogP contribution in [0.25, 0.3) is 0 Å². The molecule has 1 aromatic carbocycles. The lowest BCUT2D eigenvalue weighted by Gasteiger charge is -2.11. The minimum Gasteiger partial charge on any atom is -0.386 e. The van der Waals surface area contributed by atoms with Crippen LogP contribution in [0.15, 0.2) is 47.1 Å². The summed E-state index contributed by atoms with van der Waals surface area (Å²) >= 11 is 9.28. The van der Waals surface area contributed by atoms with Crippen LogP contribution in [0.2, 0.25) is 5.02 Å². The van der Waals surface area contributed by atoms with Gasteiger partial charge in [-0.2, -0.15) is 0 Å². The van der Waals surface area contributed by atoms with Gasteiger partial charge in [0, 0.05) is 22.1 Å². The summed E-state index contributed by atoms with van der Waals surface area (Å²) in [4.78, 5) is 4.17. The molecule has 0 aliphatic rings. The first-order chi connectivity index (χ1) is 8.16. The van der Waals surface area contributed by atoms with Gasteiger partial charge in [0.25, 0.3) is 0 Å². The monoisotopic (exact) mass is 311 g/mol. The second-order valence-electron chi connectivity index (χ2n) is 3.72. The Morgan fingerprint density at radius 2 is 2.12 bits per heavy atom. The number of aliphatic hydroxyl groups is 1. The third-order valence-electron chi connectivity index (χ3n) is 2.42. The molecule has 0 bridgehead atoms. The Morgan fingerprint density at radius 3 is 2.82 bits per heavy atom. The highest BCUT2D eigenvalue weighted by atomic mass is 79.9. The van der Waals surface area contributed by atoms with Crippen molar-refractivity contribution in [2.75, 3.05) is 0 Å². The van der Waals surface area contributed by atoms with Gasteiger partial charge in [-0.25, -0.2) is 0 Å². The minimum absolute atomic E-state index is 0.496. The SMILES string of the molecule is OC(Cc1cccc(Cl)c1)c1ncccc1Br. The van der Waals surface area contributed by atoms with Crippen LogP contribution in [0.3, 0.4) is 0 Å². The molecular weight excluding hydrogens is 302 g/mol. The summed E-state index contributed by atoms with van der Waals surface area (Å²) < 4.78 is 0.814. The lowest BCUT2D eigenvalue weighted by molar-refractivity contribution is 0.173. The van der Waals surface area contributed by atoms with Crippen molar-refractivity contribution < 1.29 is 5.11 Å². The third kappa shape index (κ3) is 3.28. The summed E-state index contributed by atoms with van der Waals surface area (Å²) in [5, 5.41) is 10.8. The second-order valence-corrected chi connectivity index (χ2v) is 5.01. The predicted octanol–water partition coefficient (Wildman–Crippen LogP) is 3.77. The predicted molar refractivity (Wildman–Crippen MR) is 72.1 cm³/mol. The van der Waals surface area contributed by atoms with Crippen molar-refractivity contribution in [2.45, 2.75) is 12.5 Å². The fraction of sp³-hybridized carbons (Fsp3) is 0.154. The molecule has 2 aromatic rings. The molecule has 1 N–H and O–H groups in total. The Hall–Kier alpha value is -0.900. The number of pyridine rings is 1. The lowest BCUT2D eigenvalue weighted by atomic mass is 10.1. The van der Waals surface area contributed by atoms with Gasteiger partial charge in [-0.05, 0) is 45.8 Å². The van der Waals surface area contributed by atoms with E-state index in [0.29, 0.717) is 17.1 Å². The van der Waals surface area contributed by atoms with E-state index in [4.69, 9.17) is 11.6 Å². The van der Waals surface area contributed by atoms with E-state index >= 15 is 0 Å². The van der Waals surface area contributed by atoms with Crippen LogP contribution >= 0.6 is 27.5 Å². The summed E-state index contributed by atoms with van der Waals surface area (Å²) in [7, 11) is 0. The molecule has 88 valence electrons. The van der Waals surface area contributed by atoms with Crippen molar-refractivity contribution in [1.82, 2.24) is 4.98 Å². The number of hydrogen-bond acceptors (Lipinski definition) is 2. The smallest absolute Gasteiger partial charge is 0.101 e. The number of halogens is 2. The van der Waals surface area contributed by atoms with Crippen LogP contribution in [-0.2, 0) is 6.42 Å². The van der Waals surface area contributed by atoms with E-state index in [0.717, 1.165) is 10.0 Å². The van der Waals surface area contributed by atoms with Gasteiger partial charge in [-0.1, -0.05) is 23.7 Å². The Kier molecular flexibility index (Phi) is 4.15. The molecule has 0 radical (unpaired) electrons. The zero-order chi connectivity index (χ0) is 12.3. The summed E-state index contributed by atoms with van der Waals surface area (Å²) in [5.74, 6) is 0. The number of aromatic nitrogens is 1. The highest BCUT2D eigenvalue weighted by Crippen LogP contribution is 2.24. The van der Waals surface area contributed by atoms with Gasteiger partial charge in [0.05, 0.1) is 5.69 Å². The standard InChI is InChI=1S/C13H11BrClNO/c14-11-5-2-6-16-13(11)12(17)8-9-3-1-4-10(15)7-9/h1-7,12,17H,8H2. The highest BCUT2D eigenvalue weighted by molar-refractivity contribution is 9.10. The first kappa shape index (κ1) is 12.6. The molecule has 4 heteroatoms. The first-order valence-electron chi connectivity index (χ1n) is 5.20. The number of hydrogen-bond donors (Lipinski definition) is 1. The second kappa shape index (κ2) is 5.63. The molecule has 0 spiro atoms. The normalized spacial score (nSPS) is 12.4. The highest BCUT2D eigenvalue weighted by Gasteiger charge is 2.13. The van der Waals surface area contributed by atoms with Crippen LogP contribution < -0.4 is 0 Å². The van der Waals surface area contributed by atoms with Crippen molar-refractivity contribution in [3.8, 4) is 0 Å². The maximum absolute atomic E-state index is 10.1. The quantitative estimate of drug-likeness (QED) is 0.936. The van der Waals surface area contributed by atoms with E-state index in [1.54, 1.807) is 6.20 Å². The van der Waals surface area contributed by atoms with Crippen LogP contribution in [0, 0.1) is 0 Å². The summed E-state index contributed by atoms with van der Waals surface area (Å²) in [6, 6.07) is 11.2. The third-order valence-corrected chi connectivity index (χ3v) is 3.33. The summed E-state index contributed by atoms with van der Waals surface area (Å²) in [6.45, 7) is 0. The fourth-order valence-corrected chi connectivity index (χ4v) is 2.36. The van der Waals surface area contributed by atoms with E-state index < -0.39 is 6.10 Å². The molecule has 0 saturated carbocycles. The van der Waals surface area contributed by atoms with Gasteiger partial charge in [0.15, 0.2) is 0 Å². The van der Waals surface area contributed by atoms with Crippen molar-refractivity contribution in [3.05, 3.63) is 63.3 Å². The van der Waals surface area contributed by atoms with Crippen molar-refractivity contribution in [1.29, 1.82) is 0 Å². The molecule has 0 saturated heterocycles. The largest absolute Gasteiger partial charge is 0.386 e. The van der Waals surface area contributed by atoms with Crippen LogP contribution in [0.1, 0.15) is 17.4 Å². The molecule has 1 aromatic heterocycles.